The Labute approximate surface area is 127 Å². The Balaban J connectivity index is 2.22. The Morgan fingerprint density at radius 1 is 1.10 bits per heavy atom. The monoisotopic (exact) mass is 311 g/mol. The van der Waals surface area contributed by atoms with Crippen LogP contribution in [0.2, 0.25) is 5.02 Å². The Kier molecular flexibility index (Phi) is 5.53. The standard InChI is InChI=1S/C16H16ClF2NO/c1-20-14(10-11-6-8-12(17)9-7-11)13-4-2-3-5-15(13)21-16(18)19/h2-9,14,16,20H,10H2,1H3. The quantitative estimate of drug-likeness (QED) is 0.851. The SMILES string of the molecule is CNC(Cc1ccc(Cl)cc1)c1ccccc1OC(F)F. The molecule has 1 atom stereocenters. The number of likely N-dealkylation sites (N-methyl/N-ethyl adjacent to an activating group) is 1. The molecule has 0 aliphatic carbocycles. The molecular formula is C16H16ClF2NO. The van der Waals surface area contributed by atoms with Crippen LogP contribution in [0.3, 0.4) is 0 Å². The molecule has 21 heavy (non-hydrogen) atoms. The first-order valence-corrected chi connectivity index (χ1v) is 6.93. The van der Waals surface area contributed by atoms with Crippen LogP contribution in [0.25, 0.3) is 0 Å². The molecule has 1 unspecified atom stereocenters. The third-order valence-electron chi connectivity index (χ3n) is 3.21. The molecule has 0 fully saturated rings. The molecule has 0 amide bonds. The topological polar surface area (TPSA) is 21.3 Å². The lowest BCUT2D eigenvalue weighted by molar-refractivity contribution is -0.0507. The fourth-order valence-electron chi connectivity index (χ4n) is 2.20. The summed E-state index contributed by atoms with van der Waals surface area (Å²) < 4.78 is 29.6. The first kappa shape index (κ1) is 15.7. The highest BCUT2D eigenvalue weighted by Crippen LogP contribution is 2.28. The highest BCUT2D eigenvalue weighted by Gasteiger charge is 2.17. The van der Waals surface area contributed by atoms with Crippen LogP contribution in [0.4, 0.5) is 8.78 Å². The maximum Gasteiger partial charge on any atom is 0.387 e. The summed E-state index contributed by atoms with van der Waals surface area (Å²) in [6, 6.07) is 14.2. The molecule has 0 aliphatic heterocycles. The van der Waals surface area contributed by atoms with E-state index in [1.807, 2.05) is 24.3 Å². The van der Waals surface area contributed by atoms with Crippen molar-refractivity contribution in [2.24, 2.45) is 0 Å². The van der Waals surface area contributed by atoms with Crippen LogP contribution >= 0.6 is 11.6 Å². The summed E-state index contributed by atoms with van der Waals surface area (Å²) in [6.45, 7) is -2.83. The number of hydrogen-bond donors (Lipinski definition) is 1. The normalized spacial score (nSPS) is 12.4. The third kappa shape index (κ3) is 4.41. The number of alkyl halides is 2. The lowest BCUT2D eigenvalue weighted by Crippen LogP contribution is -2.20. The lowest BCUT2D eigenvalue weighted by atomic mass is 9.98. The molecule has 0 radical (unpaired) electrons. The molecule has 0 bridgehead atoms. The molecule has 0 aliphatic rings. The number of ether oxygens (including phenoxy) is 1. The van der Waals surface area contributed by atoms with Crippen molar-refractivity contribution in [3.63, 3.8) is 0 Å². The molecule has 112 valence electrons. The van der Waals surface area contributed by atoms with Crippen molar-refractivity contribution in [3.05, 3.63) is 64.7 Å². The van der Waals surface area contributed by atoms with E-state index in [0.717, 1.165) is 5.56 Å². The van der Waals surface area contributed by atoms with E-state index in [1.54, 1.807) is 31.3 Å². The second-order valence-corrected chi connectivity index (χ2v) is 5.02. The van der Waals surface area contributed by atoms with Crippen LogP contribution in [0, 0.1) is 0 Å². The number of nitrogens with one attached hydrogen (secondary N) is 1. The lowest BCUT2D eigenvalue weighted by Gasteiger charge is -2.20. The smallest absolute Gasteiger partial charge is 0.387 e. The highest BCUT2D eigenvalue weighted by atomic mass is 35.5. The van der Waals surface area contributed by atoms with E-state index in [-0.39, 0.29) is 11.8 Å². The number of hydrogen-bond acceptors (Lipinski definition) is 2. The van der Waals surface area contributed by atoms with Gasteiger partial charge in [0.1, 0.15) is 5.75 Å². The summed E-state index contributed by atoms with van der Waals surface area (Å²) in [4.78, 5) is 0. The molecule has 2 rings (SSSR count). The molecule has 0 saturated carbocycles. The van der Waals surface area contributed by atoms with Crippen molar-refractivity contribution in [1.82, 2.24) is 5.32 Å². The molecular weight excluding hydrogens is 296 g/mol. The summed E-state index contributed by atoms with van der Waals surface area (Å²) >= 11 is 5.86. The van der Waals surface area contributed by atoms with Gasteiger partial charge in [-0.05, 0) is 37.2 Å². The molecule has 2 aromatic carbocycles. The average molecular weight is 312 g/mol. The predicted octanol–water partition coefficient (Wildman–Crippen LogP) is 4.44. The van der Waals surface area contributed by atoms with Gasteiger partial charge in [0.05, 0.1) is 0 Å². The summed E-state index contributed by atoms with van der Waals surface area (Å²) in [7, 11) is 1.79. The molecule has 0 saturated heterocycles. The first-order valence-electron chi connectivity index (χ1n) is 6.55. The molecule has 5 heteroatoms. The maximum atomic E-state index is 12.5. The molecule has 1 N–H and O–H groups in total. The van der Waals surface area contributed by atoms with Crippen LogP contribution in [0.5, 0.6) is 5.75 Å². The number of halogens is 3. The van der Waals surface area contributed by atoms with Gasteiger partial charge in [-0.1, -0.05) is 41.9 Å². The Morgan fingerprint density at radius 2 is 1.76 bits per heavy atom. The molecule has 2 nitrogen and oxygen atoms in total. The Bertz CT molecular complexity index is 575. The van der Waals surface area contributed by atoms with Gasteiger partial charge in [-0.3, -0.25) is 0 Å². The van der Waals surface area contributed by atoms with Crippen LogP contribution < -0.4 is 10.1 Å². The average Bonchev–Trinajstić information content (AvgIpc) is 2.47. The van der Waals surface area contributed by atoms with Gasteiger partial charge in [-0.2, -0.15) is 8.78 Å². The predicted molar refractivity (Wildman–Crippen MR) is 80.0 cm³/mol. The van der Waals surface area contributed by atoms with E-state index >= 15 is 0 Å². The van der Waals surface area contributed by atoms with Crippen molar-refractivity contribution in [2.75, 3.05) is 7.05 Å². The molecule has 0 aromatic heterocycles. The Hall–Kier alpha value is -1.65. The van der Waals surface area contributed by atoms with Gasteiger partial charge >= 0.3 is 6.61 Å². The van der Waals surface area contributed by atoms with Gasteiger partial charge in [-0.25, -0.2) is 0 Å². The fourth-order valence-corrected chi connectivity index (χ4v) is 2.32. The molecule has 2 aromatic rings. The summed E-state index contributed by atoms with van der Waals surface area (Å²) in [5, 5.41) is 3.80. The van der Waals surface area contributed by atoms with Crippen molar-refractivity contribution < 1.29 is 13.5 Å². The van der Waals surface area contributed by atoms with E-state index < -0.39 is 6.61 Å². The minimum absolute atomic E-state index is 0.124. The summed E-state index contributed by atoms with van der Waals surface area (Å²) in [5.74, 6) is 0.195. The van der Waals surface area contributed by atoms with E-state index in [1.165, 1.54) is 0 Å². The minimum Gasteiger partial charge on any atom is -0.434 e. The fraction of sp³-hybridized carbons (Fsp3) is 0.250. The second kappa shape index (κ2) is 7.38. The van der Waals surface area contributed by atoms with E-state index in [9.17, 15) is 8.78 Å². The van der Waals surface area contributed by atoms with Gasteiger partial charge in [0.25, 0.3) is 0 Å². The Morgan fingerprint density at radius 3 is 2.38 bits per heavy atom. The van der Waals surface area contributed by atoms with Crippen LogP contribution in [0.1, 0.15) is 17.2 Å². The molecule has 0 heterocycles. The van der Waals surface area contributed by atoms with Crippen molar-refractivity contribution in [1.29, 1.82) is 0 Å². The van der Waals surface area contributed by atoms with Gasteiger partial charge in [-0.15, -0.1) is 0 Å². The second-order valence-electron chi connectivity index (χ2n) is 4.59. The van der Waals surface area contributed by atoms with Gasteiger partial charge in [0.2, 0.25) is 0 Å². The first-order chi connectivity index (χ1) is 10.1. The van der Waals surface area contributed by atoms with Crippen LogP contribution in [0.15, 0.2) is 48.5 Å². The van der Waals surface area contributed by atoms with Crippen molar-refractivity contribution >= 4 is 11.6 Å². The zero-order valence-corrected chi connectivity index (χ0v) is 12.3. The van der Waals surface area contributed by atoms with Gasteiger partial charge in [0, 0.05) is 16.6 Å². The maximum absolute atomic E-state index is 12.5. The van der Waals surface area contributed by atoms with E-state index in [0.29, 0.717) is 17.0 Å². The van der Waals surface area contributed by atoms with Gasteiger partial charge in [0.15, 0.2) is 0 Å². The van der Waals surface area contributed by atoms with E-state index in [4.69, 9.17) is 11.6 Å². The minimum atomic E-state index is -2.83. The largest absolute Gasteiger partial charge is 0.434 e. The van der Waals surface area contributed by atoms with Gasteiger partial charge < -0.3 is 10.1 Å². The highest BCUT2D eigenvalue weighted by molar-refractivity contribution is 6.30. The zero-order chi connectivity index (χ0) is 15.2. The number of rotatable bonds is 6. The molecule has 0 spiro atoms. The summed E-state index contributed by atoms with van der Waals surface area (Å²) in [5.41, 5.74) is 1.76. The number of para-hydroxylation sites is 1. The van der Waals surface area contributed by atoms with Crippen molar-refractivity contribution in [2.45, 2.75) is 19.1 Å². The van der Waals surface area contributed by atoms with Crippen LogP contribution in [-0.2, 0) is 6.42 Å². The number of benzene rings is 2. The third-order valence-corrected chi connectivity index (χ3v) is 3.46. The zero-order valence-electron chi connectivity index (χ0n) is 11.5. The van der Waals surface area contributed by atoms with Crippen molar-refractivity contribution in [3.8, 4) is 5.75 Å². The summed E-state index contributed by atoms with van der Waals surface area (Å²) in [6.07, 6.45) is 0.650. The van der Waals surface area contributed by atoms with E-state index in [2.05, 4.69) is 10.1 Å². The van der Waals surface area contributed by atoms with Crippen LogP contribution in [-0.4, -0.2) is 13.7 Å².